The zero-order valence-corrected chi connectivity index (χ0v) is 10.1. The molecule has 0 nitrogen and oxygen atoms in total. The molecule has 17 heavy (non-hydrogen) atoms. The van der Waals surface area contributed by atoms with Crippen molar-refractivity contribution in [2.24, 2.45) is 0 Å². The van der Waals surface area contributed by atoms with E-state index < -0.39 is 0 Å². The molecule has 0 saturated carbocycles. The van der Waals surface area contributed by atoms with Gasteiger partial charge in [0, 0.05) is 5.57 Å². The molecule has 2 aromatic rings. The maximum Gasteiger partial charge on any atom is 0.000951 e. The van der Waals surface area contributed by atoms with Crippen molar-refractivity contribution in [3.05, 3.63) is 77.5 Å². The van der Waals surface area contributed by atoms with Gasteiger partial charge < -0.3 is 0 Å². The SMILES string of the molecule is CCC(=C=Cc1ccccc1)c1ccccc1. The van der Waals surface area contributed by atoms with Crippen LogP contribution in [0.2, 0.25) is 0 Å². The van der Waals surface area contributed by atoms with Gasteiger partial charge in [-0.1, -0.05) is 67.6 Å². The first-order chi connectivity index (χ1) is 8.40. The van der Waals surface area contributed by atoms with Crippen LogP contribution in [0, 0.1) is 0 Å². The van der Waals surface area contributed by atoms with Crippen molar-refractivity contribution < 1.29 is 0 Å². The van der Waals surface area contributed by atoms with Crippen LogP contribution in [0.25, 0.3) is 11.6 Å². The topological polar surface area (TPSA) is 0 Å². The summed E-state index contributed by atoms with van der Waals surface area (Å²) in [5.41, 5.74) is 7.08. The molecule has 0 aromatic heterocycles. The Kier molecular flexibility index (Phi) is 3.96. The van der Waals surface area contributed by atoms with E-state index in [1.807, 2.05) is 30.3 Å². The minimum Gasteiger partial charge on any atom is -0.116 e. The lowest BCUT2D eigenvalue weighted by Gasteiger charge is -2.00. The Morgan fingerprint density at radius 1 is 0.941 bits per heavy atom. The van der Waals surface area contributed by atoms with Crippen molar-refractivity contribution in [1.82, 2.24) is 0 Å². The number of hydrogen-bond donors (Lipinski definition) is 0. The quantitative estimate of drug-likeness (QED) is 0.652. The highest BCUT2D eigenvalue weighted by molar-refractivity contribution is 5.68. The van der Waals surface area contributed by atoms with E-state index in [9.17, 15) is 0 Å². The van der Waals surface area contributed by atoms with E-state index in [0.717, 1.165) is 6.42 Å². The Hall–Kier alpha value is -2.04. The van der Waals surface area contributed by atoms with Crippen LogP contribution in [-0.2, 0) is 0 Å². The van der Waals surface area contributed by atoms with Crippen molar-refractivity contribution in [2.45, 2.75) is 13.3 Å². The standard InChI is InChI=1S/C17H16/c1-2-16(17-11-7-4-8-12-17)14-13-15-9-5-3-6-10-15/h3-13H,2H2,1H3. The first-order valence-electron chi connectivity index (χ1n) is 5.96. The van der Waals surface area contributed by atoms with Gasteiger partial charge in [0.25, 0.3) is 0 Å². The fourth-order valence-corrected chi connectivity index (χ4v) is 1.75. The van der Waals surface area contributed by atoms with E-state index >= 15 is 0 Å². The van der Waals surface area contributed by atoms with E-state index in [1.54, 1.807) is 0 Å². The molecule has 84 valence electrons. The summed E-state index contributed by atoms with van der Waals surface area (Å²) in [4.78, 5) is 0. The van der Waals surface area contributed by atoms with E-state index in [-0.39, 0.29) is 0 Å². The van der Waals surface area contributed by atoms with Gasteiger partial charge in [0.2, 0.25) is 0 Å². The van der Waals surface area contributed by atoms with Crippen molar-refractivity contribution in [3.63, 3.8) is 0 Å². The highest BCUT2D eigenvalue weighted by atomic mass is 14.0. The molecule has 0 spiro atoms. The summed E-state index contributed by atoms with van der Waals surface area (Å²) < 4.78 is 0. The average Bonchev–Trinajstić information content (AvgIpc) is 2.42. The van der Waals surface area contributed by atoms with E-state index in [4.69, 9.17) is 0 Å². The summed E-state index contributed by atoms with van der Waals surface area (Å²) >= 11 is 0. The lowest BCUT2D eigenvalue weighted by atomic mass is 10.0. The van der Waals surface area contributed by atoms with Crippen LogP contribution in [0.4, 0.5) is 0 Å². The van der Waals surface area contributed by atoms with Crippen LogP contribution in [0.1, 0.15) is 24.5 Å². The molecule has 0 aliphatic rings. The molecule has 0 N–H and O–H groups in total. The third-order valence-electron chi connectivity index (χ3n) is 2.69. The number of rotatable bonds is 3. The third kappa shape index (κ3) is 3.21. The molecule has 0 aliphatic heterocycles. The summed E-state index contributed by atoms with van der Waals surface area (Å²) in [5.74, 6) is 0. The molecule has 0 saturated heterocycles. The maximum atomic E-state index is 3.39. The van der Waals surface area contributed by atoms with Crippen molar-refractivity contribution in [2.75, 3.05) is 0 Å². The molecule has 2 rings (SSSR count). The van der Waals surface area contributed by atoms with Crippen LogP contribution in [0.3, 0.4) is 0 Å². The Morgan fingerprint density at radius 3 is 2.12 bits per heavy atom. The van der Waals surface area contributed by atoms with Crippen molar-refractivity contribution >= 4 is 11.6 Å². The smallest absolute Gasteiger partial charge is 0.000951 e. The second-order valence-electron chi connectivity index (χ2n) is 3.90. The first kappa shape index (κ1) is 11.4. The summed E-state index contributed by atoms with van der Waals surface area (Å²) in [6, 6.07) is 20.7. The highest BCUT2D eigenvalue weighted by Gasteiger charge is 1.95. The zero-order chi connectivity index (χ0) is 11.9. The predicted molar refractivity (Wildman–Crippen MR) is 74.6 cm³/mol. The molecule has 0 heterocycles. The van der Waals surface area contributed by atoms with Gasteiger partial charge in [-0.15, -0.1) is 5.73 Å². The van der Waals surface area contributed by atoms with E-state index in [1.165, 1.54) is 16.7 Å². The Balaban J connectivity index is 2.34. The molecule has 2 aromatic carbocycles. The second kappa shape index (κ2) is 5.89. The molecule has 0 bridgehead atoms. The second-order valence-corrected chi connectivity index (χ2v) is 3.90. The largest absolute Gasteiger partial charge is 0.116 e. The molecule has 0 amide bonds. The van der Waals surface area contributed by atoms with Gasteiger partial charge in [-0.25, -0.2) is 0 Å². The summed E-state index contributed by atoms with van der Waals surface area (Å²) in [6.07, 6.45) is 3.04. The van der Waals surface area contributed by atoms with Gasteiger partial charge in [0.15, 0.2) is 0 Å². The molecule has 0 fully saturated rings. The van der Waals surface area contributed by atoms with Gasteiger partial charge in [-0.2, -0.15) is 0 Å². The van der Waals surface area contributed by atoms with Crippen molar-refractivity contribution in [3.8, 4) is 0 Å². The fourth-order valence-electron chi connectivity index (χ4n) is 1.75. The number of hydrogen-bond acceptors (Lipinski definition) is 0. The molecule has 0 heteroatoms. The first-order valence-corrected chi connectivity index (χ1v) is 5.96. The maximum absolute atomic E-state index is 3.39. The van der Waals surface area contributed by atoms with E-state index in [2.05, 4.69) is 49.1 Å². The molecule has 0 radical (unpaired) electrons. The molecular formula is C17H16. The lowest BCUT2D eigenvalue weighted by molar-refractivity contribution is 1.24. The minimum absolute atomic E-state index is 0.993. The van der Waals surface area contributed by atoms with Gasteiger partial charge >= 0.3 is 0 Å². The summed E-state index contributed by atoms with van der Waals surface area (Å²) in [5, 5.41) is 0. The van der Waals surface area contributed by atoms with Gasteiger partial charge in [-0.3, -0.25) is 0 Å². The molecule has 0 unspecified atom stereocenters. The Bertz CT molecular complexity index is 514. The van der Waals surface area contributed by atoms with Gasteiger partial charge in [0.05, 0.1) is 0 Å². The highest BCUT2D eigenvalue weighted by Crippen LogP contribution is 2.16. The average molecular weight is 220 g/mol. The van der Waals surface area contributed by atoms with Gasteiger partial charge in [0.1, 0.15) is 0 Å². The van der Waals surface area contributed by atoms with Gasteiger partial charge in [-0.05, 0) is 23.6 Å². The Labute approximate surface area is 103 Å². The van der Waals surface area contributed by atoms with Crippen LogP contribution < -0.4 is 0 Å². The monoisotopic (exact) mass is 220 g/mol. The minimum atomic E-state index is 0.993. The summed E-state index contributed by atoms with van der Waals surface area (Å²) in [6.45, 7) is 2.16. The lowest BCUT2D eigenvalue weighted by Crippen LogP contribution is -1.79. The fraction of sp³-hybridized carbons (Fsp3) is 0.118. The number of benzene rings is 2. The normalized spacial score (nSPS) is 9.47. The molecule has 0 atom stereocenters. The van der Waals surface area contributed by atoms with Crippen molar-refractivity contribution in [1.29, 1.82) is 0 Å². The predicted octanol–water partition coefficient (Wildman–Crippen LogP) is 4.79. The summed E-state index contributed by atoms with van der Waals surface area (Å²) in [7, 11) is 0. The zero-order valence-electron chi connectivity index (χ0n) is 10.1. The Morgan fingerprint density at radius 2 is 1.53 bits per heavy atom. The van der Waals surface area contributed by atoms with Crippen LogP contribution in [0.5, 0.6) is 0 Å². The van der Waals surface area contributed by atoms with Crippen LogP contribution in [0.15, 0.2) is 66.4 Å². The molecular weight excluding hydrogens is 204 g/mol. The third-order valence-corrected chi connectivity index (χ3v) is 2.69. The van der Waals surface area contributed by atoms with E-state index in [0.29, 0.717) is 0 Å². The van der Waals surface area contributed by atoms with Crippen LogP contribution >= 0.6 is 0 Å². The molecule has 0 aliphatic carbocycles. The number of allylic oxidation sites excluding steroid dienone is 1. The van der Waals surface area contributed by atoms with Crippen LogP contribution in [-0.4, -0.2) is 0 Å².